The number of nitrogens with one attached hydrogen (secondary N) is 1. The SMILES string of the molecule is Cc1c(CN2CCOCC2)c(=O)oc2c(CN3CCOCC3)cc(C(=O)NCc3ccc(Cl)cc3)c(O)c12.[CH2-]c1c(C)c2c(O)c(C)cc([CH2-])c2oc1=O.[Y].[Y]. The average molecular weight is 936 g/mol. The third kappa shape index (κ3) is 10.3. The van der Waals surface area contributed by atoms with Crippen molar-refractivity contribution in [3.05, 3.63) is 126 Å². The zero-order valence-electron chi connectivity index (χ0n) is 31.8. The molecule has 0 unspecified atom stereocenters. The zero-order chi connectivity index (χ0) is 38.7. The Kier molecular flexibility index (Phi) is 16.6. The van der Waals surface area contributed by atoms with Crippen LogP contribution in [0.5, 0.6) is 11.5 Å². The summed E-state index contributed by atoms with van der Waals surface area (Å²) in [7, 11) is 0. The molecule has 3 N–H and O–H groups in total. The number of amides is 1. The van der Waals surface area contributed by atoms with Gasteiger partial charge in [0.05, 0.1) is 48.7 Å². The number of hydrogen-bond donors (Lipinski definition) is 3. The van der Waals surface area contributed by atoms with Crippen LogP contribution in [-0.2, 0) is 94.5 Å². The minimum absolute atomic E-state index is 0. The van der Waals surface area contributed by atoms with E-state index >= 15 is 0 Å². The normalized spacial score (nSPS) is 14.7. The topological polar surface area (TPSA) is 155 Å². The van der Waals surface area contributed by atoms with Crippen molar-refractivity contribution >= 4 is 39.4 Å². The van der Waals surface area contributed by atoms with Crippen LogP contribution < -0.4 is 16.6 Å². The number of phenolic OH excluding ortho intramolecular Hbond substituents is 2. The fraction of sp³-hybridized carbons (Fsp3) is 0.341. The molecule has 2 aliphatic heterocycles. The van der Waals surface area contributed by atoms with Crippen molar-refractivity contribution in [2.45, 2.75) is 40.4 Å². The van der Waals surface area contributed by atoms with Crippen LogP contribution in [-0.4, -0.2) is 78.5 Å². The van der Waals surface area contributed by atoms with Gasteiger partial charge in [-0.1, -0.05) is 41.6 Å². The minimum Gasteiger partial charge on any atom is -0.546 e. The van der Waals surface area contributed by atoms with Crippen LogP contribution in [0.15, 0.2) is 54.8 Å². The molecule has 0 aliphatic carbocycles. The third-order valence-electron chi connectivity index (χ3n) is 9.98. The standard InChI is InChI=1S/C28H32ClN3O6.C13H12O3.2Y/c1-18-23(17-32-8-12-37-13-9-32)28(35)38-26-20(16-31-6-10-36-11-7-31)14-22(25(33)24(18)26)27(34)30-15-19-2-4-21(29)5-3-19;1-6-5-7(2)12-10(11(6)14)8(3)9(4)13(15)16-12;;/h2-5,14,33H,6-13,15-17H2,1H3,(H,30,34);5,14H,2,4H2,1,3H3;;/q;-2;;. The van der Waals surface area contributed by atoms with Crippen molar-refractivity contribution in [2.75, 3.05) is 52.6 Å². The van der Waals surface area contributed by atoms with E-state index in [2.05, 4.69) is 29.0 Å². The first-order valence-corrected chi connectivity index (χ1v) is 18.1. The Morgan fingerprint density at radius 2 is 1.34 bits per heavy atom. The first-order valence-electron chi connectivity index (χ1n) is 17.7. The van der Waals surface area contributed by atoms with E-state index < -0.39 is 17.2 Å². The van der Waals surface area contributed by atoms with E-state index in [0.717, 1.165) is 18.7 Å². The van der Waals surface area contributed by atoms with Crippen LogP contribution in [0.2, 0.25) is 5.02 Å². The molecule has 4 heterocycles. The second-order valence-corrected chi connectivity index (χ2v) is 14.1. The van der Waals surface area contributed by atoms with E-state index in [0.29, 0.717) is 113 Å². The molecular weight excluding hydrogens is 892 g/mol. The Bertz CT molecular complexity index is 2320. The number of ether oxygens (including phenoxy) is 2. The van der Waals surface area contributed by atoms with Gasteiger partial charge in [-0.3, -0.25) is 14.6 Å². The molecule has 12 nitrogen and oxygen atoms in total. The first kappa shape index (κ1) is 45.9. The monoisotopic (exact) mass is 935 g/mol. The Hall–Kier alpha value is -2.77. The predicted molar refractivity (Wildman–Crippen MR) is 206 cm³/mol. The van der Waals surface area contributed by atoms with E-state index in [9.17, 15) is 24.6 Å². The van der Waals surface area contributed by atoms with Gasteiger partial charge in [-0.15, -0.1) is 11.1 Å². The van der Waals surface area contributed by atoms with Crippen LogP contribution in [0, 0.1) is 34.6 Å². The number of hydrogen-bond acceptors (Lipinski definition) is 11. The molecule has 2 aromatic heterocycles. The molecule has 7 rings (SSSR count). The molecule has 0 bridgehead atoms. The number of phenols is 2. The number of rotatable bonds is 7. The van der Waals surface area contributed by atoms with Crippen LogP contribution in [0.1, 0.15) is 54.9 Å². The number of benzene rings is 3. The summed E-state index contributed by atoms with van der Waals surface area (Å²) in [6.45, 7) is 19.1. The van der Waals surface area contributed by atoms with Gasteiger partial charge in [-0.05, 0) is 43.2 Å². The molecule has 2 aliphatic rings. The number of carbonyl (C=O) groups excluding carboxylic acids is 1. The Labute approximate surface area is 380 Å². The quantitative estimate of drug-likeness (QED) is 0.140. The smallest absolute Gasteiger partial charge is 0.341 e. The van der Waals surface area contributed by atoms with Gasteiger partial charge in [0.15, 0.2) is 0 Å². The Balaban J connectivity index is 0.000000325. The van der Waals surface area contributed by atoms with Gasteiger partial charge >= 0.3 is 5.63 Å². The van der Waals surface area contributed by atoms with Crippen LogP contribution >= 0.6 is 11.6 Å². The molecule has 2 saturated heterocycles. The molecule has 0 saturated carbocycles. The predicted octanol–water partition coefficient (Wildman–Crippen LogP) is 5.53. The summed E-state index contributed by atoms with van der Waals surface area (Å²) >= 11 is 5.97. The van der Waals surface area contributed by atoms with Gasteiger partial charge in [0, 0.05) is 127 Å². The van der Waals surface area contributed by atoms with Crippen LogP contribution in [0.3, 0.4) is 0 Å². The van der Waals surface area contributed by atoms with E-state index in [1.165, 1.54) is 0 Å². The first-order chi connectivity index (χ1) is 25.8. The van der Waals surface area contributed by atoms with Gasteiger partial charge in [0.1, 0.15) is 11.3 Å². The number of morpholine rings is 2. The molecule has 3 aromatic carbocycles. The molecule has 2 fully saturated rings. The summed E-state index contributed by atoms with van der Waals surface area (Å²) in [5.41, 5.74) is 4.73. The molecule has 56 heavy (non-hydrogen) atoms. The van der Waals surface area contributed by atoms with Crippen LogP contribution in [0.4, 0.5) is 0 Å². The van der Waals surface area contributed by atoms with Crippen molar-refractivity contribution in [2.24, 2.45) is 0 Å². The Morgan fingerprint density at radius 3 is 1.95 bits per heavy atom. The molecule has 0 spiro atoms. The van der Waals surface area contributed by atoms with E-state index in [-0.39, 0.29) is 94.6 Å². The molecule has 15 heteroatoms. The van der Waals surface area contributed by atoms with Crippen molar-refractivity contribution < 1.29 is 98.7 Å². The molecule has 5 aromatic rings. The second kappa shape index (κ2) is 20.3. The van der Waals surface area contributed by atoms with Crippen molar-refractivity contribution in [3.8, 4) is 11.5 Å². The fourth-order valence-electron chi connectivity index (χ4n) is 6.75. The maximum absolute atomic E-state index is 13.3. The molecule has 0 atom stereocenters. The number of nitrogens with zero attached hydrogens (tertiary/aromatic N) is 2. The maximum Gasteiger partial charge on any atom is 0.341 e. The van der Waals surface area contributed by atoms with Gasteiger partial charge in [0.25, 0.3) is 5.91 Å². The van der Waals surface area contributed by atoms with Gasteiger partial charge in [-0.25, -0.2) is 4.79 Å². The maximum atomic E-state index is 13.3. The second-order valence-electron chi connectivity index (χ2n) is 13.6. The number of aromatic hydroxyl groups is 2. The third-order valence-corrected chi connectivity index (χ3v) is 10.2. The summed E-state index contributed by atoms with van der Waals surface area (Å²) < 4.78 is 21.9. The molecule has 1 amide bonds. The van der Waals surface area contributed by atoms with Gasteiger partial charge in [0.2, 0.25) is 5.63 Å². The van der Waals surface area contributed by atoms with Crippen molar-refractivity contribution in [3.63, 3.8) is 0 Å². The summed E-state index contributed by atoms with van der Waals surface area (Å²) in [4.78, 5) is 42.3. The van der Waals surface area contributed by atoms with Gasteiger partial charge in [-0.2, -0.15) is 25.5 Å². The number of aryl methyl sites for hydroxylation is 3. The number of fused-ring (bicyclic) bond motifs is 2. The molecular formula is C41H44ClN3O9Y2-2. The molecule has 292 valence electrons. The number of carbonyl (C=O) groups is 1. The summed E-state index contributed by atoms with van der Waals surface area (Å²) in [5.74, 6) is -0.486. The minimum atomic E-state index is -0.488. The van der Waals surface area contributed by atoms with E-state index in [1.54, 1.807) is 38.1 Å². The number of halogens is 1. The average Bonchev–Trinajstić information content (AvgIpc) is 3.16. The summed E-state index contributed by atoms with van der Waals surface area (Å²) in [5, 5.41) is 25.8. The van der Waals surface area contributed by atoms with Gasteiger partial charge < -0.3 is 38.6 Å². The van der Waals surface area contributed by atoms with E-state index in [4.69, 9.17) is 29.9 Å². The van der Waals surface area contributed by atoms with Crippen molar-refractivity contribution in [1.82, 2.24) is 15.1 Å². The Morgan fingerprint density at radius 1 is 0.786 bits per heavy atom. The largest absolute Gasteiger partial charge is 0.546 e. The summed E-state index contributed by atoms with van der Waals surface area (Å²) in [6.07, 6.45) is 0. The van der Waals surface area contributed by atoms with Crippen LogP contribution in [0.25, 0.3) is 21.9 Å². The van der Waals surface area contributed by atoms with E-state index in [1.807, 2.05) is 19.1 Å². The molecule has 2 radical (unpaired) electrons. The summed E-state index contributed by atoms with van der Waals surface area (Å²) in [6, 6.07) is 10.5. The van der Waals surface area contributed by atoms with Crippen molar-refractivity contribution in [1.29, 1.82) is 0 Å². The zero-order valence-corrected chi connectivity index (χ0v) is 38.3. The fourth-order valence-corrected chi connectivity index (χ4v) is 6.88.